The normalized spacial score (nSPS) is 22.7. The van der Waals surface area contributed by atoms with Crippen molar-refractivity contribution in [3.05, 3.63) is 36.2 Å². The van der Waals surface area contributed by atoms with Gasteiger partial charge in [-0.15, -0.1) is 0 Å². The average molecular weight is 305 g/mol. The number of aryl methyl sites for hydroxylation is 1. The second-order valence-corrected chi connectivity index (χ2v) is 6.73. The maximum absolute atomic E-state index is 5.65. The maximum atomic E-state index is 5.65. The van der Waals surface area contributed by atoms with Gasteiger partial charge in [0.25, 0.3) is 0 Å². The lowest BCUT2D eigenvalue weighted by molar-refractivity contribution is 0.306. The molecule has 2 rings (SSSR count). The fourth-order valence-electron chi connectivity index (χ4n) is 2.96. The third kappa shape index (κ3) is 4.10. The van der Waals surface area contributed by atoms with Gasteiger partial charge in [-0.25, -0.2) is 0 Å². The Labute approximate surface area is 134 Å². The van der Waals surface area contributed by atoms with Crippen molar-refractivity contribution in [3.63, 3.8) is 0 Å². The number of likely N-dealkylation sites (tertiary alicyclic amines) is 1. The molecule has 3 nitrogen and oxygen atoms in total. The van der Waals surface area contributed by atoms with Crippen LogP contribution >= 0.6 is 12.2 Å². The van der Waals surface area contributed by atoms with Crippen molar-refractivity contribution in [1.29, 1.82) is 0 Å². The highest BCUT2D eigenvalue weighted by Crippen LogP contribution is 2.32. The minimum Gasteiger partial charge on any atom is -0.359 e. The van der Waals surface area contributed by atoms with Crippen molar-refractivity contribution in [1.82, 2.24) is 14.8 Å². The van der Waals surface area contributed by atoms with Crippen LogP contribution < -0.4 is 5.32 Å². The van der Waals surface area contributed by atoms with Crippen molar-refractivity contribution < 1.29 is 0 Å². The molecule has 1 aliphatic heterocycles. The van der Waals surface area contributed by atoms with Gasteiger partial charge in [0, 0.05) is 32.0 Å². The molecule has 0 aliphatic carbocycles. The van der Waals surface area contributed by atoms with Gasteiger partial charge in [0.2, 0.25) is 0 Å². The van der Waals surface area contributed by atoms with Gasteiger partial charge >= 0.3 is 0 Å². The van der Waals surface area contributed by atoms with Crippen LogP contribution in [0.15, 0.2) is 30.5 Å². The summed E-state index contributed by atoms with van der Waals surface area (Å²) < 4.78 is 2.22. The Kier molecular flexibility index (Phi) is 5.45. The molecule has 2 atom stereocenters. The predicted octanol–water partition coefficient (Wildman–Crippen LogP) is 3.64. The number of rotatable bonds is 3. The molecule has 1 fully saturated rings. The molecule has 2 heterocycles. The molecule has 116 valence electrons. The van der Waals surface area contributed by atoms with Gasteiger partial charge in [0.1, 0.15) is 0 Å². The lowest BCUT2D eigenvalue weighted by Crippen LogP contribution is -2.43. The third-order valence-corrected chi connectivity index (χ3v) is 4.68. The highest BCUT2D eigenvalue weighted by atomic mass is 32.1. The first-order chi connectivity index (χ1) is 9.99. The molecule has 0 amide bonds. The van der Waals surface area contributed by atoms with Crippen LogP contribution in [-0.2, 0) is 7.05 Å². The Hall–Kier alpha value is -1.29. The summed E-state index contributed by atoms with van der Waals surface area (Å²) >= 11 is 5.65. The Bertz CT molecular complexity index is 506. The zero-order valence-corrected chi connectivity index (χ0v) is 14.2. The molecule has 1 aromatic rings. The minimum absolute atomic E-state index is 0.375. The lowest BCUT2D eigenvalue weighted by Gasteiger charge is -2.33. The molecule has 0 unspecified atom stereocenters. The second kappa shape index (κ2) is 7.12. The molecule has 0 saturated carbocycles. The van der Waals surface area contributed by atoms with Gasteiger partial charge in [-0.2, -0.15) is 0 Å². The number of aromatic nitrogens is 1. The molecule has 1 aliphatic rings. The Morgan fingerprint density at radius 1 is 1.43 bits per heavy atom. The standard InChI is InChI=1S/C17H27N3S/c1-13(2)12-18-17(21)20-11-9-14(3)7-8-16(20)15-6-5-10-19(15)4/h5-6,10,14,16H,1,7-9,11-12H2,2-4H3,(H,18,21)/t14-,16+/m1/s1. The Morgan fingerprint density at radius 2 is 2.19 bits per heavy atom. The van der Waals surface area contributed by atoms with E-state index in [0.29, 0.717) is 6.04 Å². The van der Waals surface area contributed by atoms with Crippen LogP contribution in [0, 0.1) is 5.92 Å². The molecule has 1 saturated heterocycles. The van der Waals surface area contributed by atoms with Crippen LogP contribution in [0.1, 0.15) is 44.8 Å². The van der Waals surface area contributed by atoms with Gasteiger partial charge in [-0.1, -0.05) is 19.1 Å². The lowest BCUT2D eigenvalue weighted by atomic mass is 10.0. The fraction of sp³-hybridized carbons (Fsp3) is 0.588. The molecule has 0 aromatic carbocycles. The highest BCUT2D eigenvalue weighted by molar-refractivity contribution is 7.80. The maximum Gasteiger partial charge on any atom is 0.169 e. The van der Waals surface area contributed by atoms with Gasteiger partial charge in [0.15, 0.2) is 5.11 Å². The summed E-state index contributed by atoms with van der Waals surface area (Å²) in [7, 11) is 2.12. The smallest absolute Gasteiger partial charge is 0.169 e. The highest BCUT2D eigenvalue weighted by Gasteiger charge is 2.28. The van der Waals surface area contributed by atoms with Crippen LogP contribution in [0.2, 0.25) is 0 Å². The summed E-state index contributed by atoms with van der Waals surface area (Å²) in [5.74, 6) is 0.765. The number of nitrogens with one attached hydrogen (secondary N) is 1. The fourth-order valence-corrected chi connectivity index (χ4v) is 3.25. The van der Waals surface area contributed by atoms with Gasteiger partial charge in [-0.3, -0.25) is 0 Å². The van der Waals surface area contributed by atoms with Crippen LogP contribution in [-0.4, -0.2) is 27.7 Å². The molecule has 4 heteroatoms. The zero-order chi connectivity index (χ0) is 15.4. The quantitative estimate of drug-likeness (QED) is 0.680. The average Bonchev–Trinajstić information content (AvgIpc) is 2.75. The molecule has 0 bridgehead atoms. The number of hydrogen-bond acceptors (Lipinski definition) is 1. The summed E-state index contributed by atoms with van der Waals surface area (Å²) in [6.45, 7) is 10.1. The summed E-state index contributed by atoms with van der Waals surface area (Å²) in [5, 5.41) is 4.21. The van der Waals surface area contributed by atoms with E-state index in [1.807, 2.05) is 6.92 Å². The van der Waals surface area contributed by atoms with Crippen molar-refractivity contribution >= 4 is 17.3 Å². The molecular formula is C17H27N3S. The monoisotopic (exact) mass is 305 g/mol. The van der Waals surface area contributed by atoms with E-state index in [0.717, 1.165) is 36.1 Å². The number of nitrogens with zero attached hydrogens (tertiary/aromatic N) is 2. The number of hydrogen-bond donors (Lipinski definition) is 1. The first kappa shape index (κ1) is 16.1. The summed E-state index contributed by atoms with van der Waals surface area (Å²) in [4.78, 5) is 2.37. The first-order valence-electron chi connectivity index (χ1n) is 7.79. The van der Waals surface area contributed by atoms with Gasteiger partial charge in [-0.05, 0) is 56.5 Å². The van der Waals surface area contributed by atoms with E-state index in [1.165, 1.54) is 18.5 Å². The molecule has 0 spiro atoms. The SMILES string of the molecule is C=C(C)CNC(=S)N1CC[C@H](C)CC[C@H]1c1cccn1C. The minimum atomic E-state index is 0.375. The Morgan fingerprint density at radius 3 is 2.81 bits per heavy atom. The van der Waals surface area contributed by atoms with Gasteiger partial charge < -0.3 is 14.8 Å². The predicted molar refractivity (Wildman–Crippen MR) is 93.3 cm³/mol. The topological polar surface area (TPSA) is 20.2 Å². The van der Waals surface area contributed by atoms with E-state index in [9.17, 15) is 0 Å². The van der Waals surface area contributed by atoms with E-state index >= 15 is 0 Å². The molecule has 1 aromatic heterocycles. The van der Waals surface area contributed by atoms with Crippen LogP contribution in [0.3, 0.4) is 0 Å². The zero-order valence-electron chi connectivity index (χ0n) is 13.4. The number of thiocarbonyl (C=S) groups is 1. The van der Waals surface area contributed by atoms with Crippen molar-refractivity contribution in [3.8, 4) is 0 Å². The van der Waals surface area contributed by atoms with Crippen molar-refractivity contribution in [2.75, 3.05) is 13.1 Å². The van der Waals surface area contributed by atoms with Crippen LogP contribution in [0.4, 0.5) is 0 Å². The van der Waals surface area contributed by atoms with Crippen LogP contribution in [0.25, 0.3) is 0 Å². The van der Waals surface area contributed by atoms with E-state index in [2.05, 4.69) is 53.7 Å². The van der Waals surface area contributed by atoms with E-state index in [-0.39, 0.29) is 0 Å². The van der Waals surface area contributed by atoms with E-state index in [4.69, 9.17) is 12.2 Å². The third-order valence-electron chi connectivity index (χ3n) is 4.30. The van der Waals surface area contributed by atoms with Crippen molar-refractivity contribution in [2.24, 2.45) is 13.0 Å². The summed E-state index contributed by atoms with van der Waals surface area (Å²) in [6.07, 6.45) is 5.74. The molecule has 1 N–H and O–H groups in total. The van der Waals surface area contributed by atoms with E-state index < -0.39 is 0 Å². The van der Waals surface area contributed by atoms with Crippen LogP contribution in [0.5, 0.6) is 0 Å². The van der Waals surface area contributed by atoms with E-state index in [1.54, 1.807) is 0 Å². The summed E-state index contributed by atoms with van der Waals surface area (Å²) in [6, 6.07) is 4.71. The van der Waals surface area contributed by atoms with Gasteiger partial charge in [0.05, 0.1) is 6.04 Å². The molecule has 0 radical (unpaired) electrons. The molecular weight excluding hydrogens is 278 g/mol. The summed E-state index contributed by atoms with van der Waals surface area (Å²) in [5.41, 5.74) is 2.46. The second-order valence-electron chi connectivity index (χ2n) is 6.34. The molecule has 21 heavy (non-hydrogen) atoms. The first-order valence-corrected chi connectivity index (χ1v) is 8.20. The Balaban J connectivity index is 2.18. The van der Waals surface area contributed by atoms with Crippen molar-refractivity contribution in [2.45, 2.75) is 39.2 Å². The largest absolute Gasteiger partial charge is 0.359 e.